The number of aromatic nitrogens is 2. The van der Waals surface area contributed by atoms with Crippen molar-refractivity contribution in [2.45, 2.75) is 33.2 Å². The molecule has 0 unspecified atom stereocenters. The number of nitrogens with two attached hydrogens (primary N) is 2. The zero-order valence-electron chi connectivity index (χ0n) is 16.1. The zero-order valence-corrected chi connectivity index (χ0v) is 16.1. The number of carbonyl (C=O) groups excluding carboxylic acids is 3. The Morgan fingerprint density at radius 3 is 2.64 bits per heavy atom. The first-order valence-electron chi connectivity index (χ1n) is 9.29. The lowest BCUT2D eigenvalue weighted by Crippen LogP contribution is -2.44. The van der Waals surface area contributed by atoms with E-state index in [0.717, 1.165) is 35.4 Å². The minimum Gasteiger partial charge on any atom is -0.369 e. The molecule has 3 amide bonds. The van der Waals surface area contributed by atoms with Crippen LogP contribution in [0.1, 0.15) is 34.6 Å². The number of aryl methyl sites for hydroxylation is 1. The molecule has 1 atom stereocenters. The highest BCUT2D eigenvalue weighted by Crippen LogP contribution is 2.28. The van der Waals surface area contributed by atoms with Crippen LogP contribution in [0.25, 0.3) is 11.1 Å². The standard InChI is InChI=1S/C20H25N5O3/c1-12-18(13(2)25(23-12)11-17(21)26)14-5-3-6-15(9-14)20(28)24-8-4-7-16(10-24)19(22)27/h3,5-6,9,16H,4,7-8,10-11H2,1-2H3,(H2,21,26)(H2,22,27)/t16-/m0/s1. The fourth-order valence-electron chi connectivity index (χ4n) is 3.80. The van der Waals surface area contributed by atoms with Crippen molar-refractivity contribution in [2.24, 2.45) is 17.4 Å². The topological polar surface area (TPSA) is 124 Å². The number of likely N-dealkylation sites (tertiary alicyclic amines) is 1. The average molecular weight is 383 g/mol. The van der Waals surface area contributed by atoms with Crippen molar-refractivity contribution in [3.05, 3.63) is 41.2 Å². The summed E-state index contributed by atoms with van der Waals surface area (Å²) in [5, 5.41) is 4.39. The van der Waals surface area contributed by atoms with E-state index in [0.29, 0.717) is 18.7 Å². The van der Waals surface area contributed by atoms with Crippen LogP contribution in [0.2, 0.25) is 0 Å². The quantitative estimate of drug-likeness (QED) is 0.799. The molecule has 2 aromatic rings. The van der Waals surface area contributed by atoms with E-state index < -0.39 is 5.91 Å². The molecule has 148 valence electrons. The molecule has 0 bridgehead atoms. The average Bonchev–Trinajstić information content (AvgIpc) is 2.94. The Kier molecular flexibility index (Phi) is 5.48. The van der Waals surface area contributed by atoms with Gasteiger partial charge in [0.2, 0.25) is 11.8 Å². The van der Waals surface area contributed by atoms with Gasteiger partial charge in [0.1, 0.15) is 6.54 Å². The number of primary amides is 2. The smallest absolute Gasteiger partial charge is 0.253 e. The third-order valence-corrected chi connectivity index (χ3v) is 5.20. The summed E-state index contributed by atoms with van der Waals surface area (Å²) in [4.78, 5) is 37.4. The SMILES string of the molecule is Cc1nn(CC(N)=O)c(C)c1-c1cccc(C(=O)N2CCC[C@H](C(N)=O)C2)c1. The molecule has 1 aromatic heterocycles. The summed E-state index contributed by atoms with van der Waals surface area (Å²) in [6, 6.07) is 7.31. The van der Waals surface area contributed by atoms with Crippen molar-refractivity contribution in [2.75, 3.05) is 13.1 Å². The van der Waals surface area contributed by atoms with Crippen LogP contribution >= 0.6 is 0 Å². The molecule has 1 aliphatic heterocycles. The van der Waals surface area contributed by atoms with Crippen LogP contribution in [-0.4, -0.2) is 45.5 Å². The fourth-order valence-corrected chi connectivity index (χ4v) is 3.80. The maximum Gasteiger partial charge on any atom is 0.253 e. The third-order valence-electron chi connectivity index (χ3n) is 5.20. The minimum absolute atomic E-state index is 0.00752. The Bertz CT molecular complexity index is 934. The predicted octanol–water partition coefficient (Wildman–Crippen LogP) is 0.990. The highest BCUT2D eigenvalue weighted by Gasteiger charge is 2.28. The second-order valence-electron chi connectivity index (χ2n) is 7.24. The molecule has 0 saturated carbocycles. The second kappa shape index (κ2) is 7.84. The molecule has 0 aliphatic carbocycles. The van der Waals surface area contributed by atoms with Crippen molar-refractivity contribution in [1.29, 1.82) is 0 Å². The van der Waals surface area contributed by atoms with E-state index in [2.05, 4.69) is 5.10 Å². The van der Waals surface area contributed by atoms with Gasteiger partial charge in [-0.2, -0.15) is 5.10 Å². The van der Waals surface area contributed by atoms with Crippen molar-refractivity contribution in [3.63, 3.8) is 0 Å². The van der Waals surface area contributed by atoms with Gasteiger partial charge in [0.25, 0.3) is 5.91 Å². The lowest BCUT2D eigenvalue weighted by Gasteiger charge is -2.31. The molecule has 1 saturated heterocycles. The normalized spacial score (nSPS) is 16.8. The maximum atomic E-state index is 13.0. The van der Waals surface area contributed by atoms with Gasteiger partial charge in [-0.1, -0.05) is 12.1 Å². The van der Waals surface area contributed by atoms with E-state index in [1.807, 2.05) is 32.0 Å². The van der Waals surface area contributed by atoms with E-state index in [4.69, 9.17) is 11.5 Å². The summed E-state index contributed by atoms with van der Waals surface area (Å²) >= 11 is 0. The van der Waals surface area contributed by atoms with Crippen LogP contribution in [0.3, 0.4) is 0 Å². The number of hydrogen-bond acceptors (Lipinski definition) is 4. The molecular formula is C20H25N5O3. The monoisotopic (exact) mass is 383 g/mol. The van der Waals surface area contributed by atoms with E-state index in [9.17, 15) is 14.4 Å². The van der Waals surface area contributed by atoms with Crippen LogP contribution in [-0.2, 0) is 16.1 Å². The van der Waals surface area contributed by atoms with Gasteiger partial charge in [0, 0.05) is 29.9 Å². The van der Waals surface area contributed by atoms with Crippen LogP contribution in [0.15, 0.2) is 24.3 Å². The first kappa shape index (κ1) is 19.6. The Hall–Kier alpha value is -3.16. The summed E-state index contributed by atoms with van der Waals surface area (Å²) in [6.45, 7) is 4.70. The second-order valence-corrected chi connectivity index (χ2v) is 7.24. The Morgan fingerprint density at radius 2 is 1.96 bits per heavy atom. The van der Waals surface area contributed by atoms with Crippen LogP contribution < -0.4 is 11.5 Å². The number of nitrogens with zero attached hydrogens (tertiary/aromatic N) is 3. The van der Waals surface area contributed by atoms with Crippen LogP contribution in [0.5, 0.6) is 0 Å². The van der Waals surface area contributed by atoms with Crippen molar-refractivity contribution < 1.29 is 14.4 Å². The van der Waals surface area contributed by atoms with Crippen molar-refractivity contribution in [1.82, 2.24) is 14.7 Å². The summed E-state index contributed by atoms with van der Waals surface area (Å²) < 4.78 is 1.57. The molecule has 28 heavy (non-hydrogen) atoms. The molecule has 8 heteroatoms. The summed E-state index contributed by atoms with van der Waals surface area (Å²) in [7, 11) is 0. The highest BCUT2D eigenvalue weighted by molar-refractivity contribution is 5.96. The van der Waals surface area contributed by atoms with Gasteiger partial charge >= 0.3 is 0 Å². The predicted molar refractivity (Wildman–Crippen MR) is 104 cm³/mol. The first-order chi connectivity index (χ1) is 13.3. The fraction of sp³-hybridized carbons (Fsp3) is 0.400. The number of carbonyl (C=O) groups is 3. The first-order valence-corrected chi connectivity index (χ1v) is 9.29. The number of benzene rings is 1. The van der Waals surface area contributed by atoms with Gasteiger partial charge < -0.3 is 16.4 Å². The molecule has 0 spiro atoms. The van der Waals surface area contributed by atoms with Crippen LogP contribution in [0.4, 0.5) is 0 Å². The molecule has 0 radical (unpaired) electrons. The van der Waals surface area contributed by atoms with Gasteiger partial charge in [-0.05, 0) is 44.4 Å². The van der Waals surface area contributed by atoms with Gasteiger partial charge in [-0.25, -0.2) is 0 Å². The molecule has 8 nitrogen and oxygen atoms in total. The van der Waals surface area contributed by atoms with E-state index >= 15 is 0 Å². The lowest BCUT2D eigenvalue weighted by atomic mass is 9.96. The Balaban J connectivity index is 1.89. The number of rotatable bonds is 5. The molecule has 1 aromatic carbocycles. The number of hydrogen-bond donors (Lipinski definition) is 2. The van der Waals surface area contributed by atoms with E-state index in [1.54, 1.807) is 15.6 Å². The molecule has 3 rings (SSSR count). The highest BCUT2D eigenvalue weighted by atomic mass is 16.2. The van der Waals surface area contributed by atoms with Crippen molar-refractivity contribution in [3.8, 4) is 11.1 Å². The summed E-state index contributed by atoms with van der Waals surface area (Å²) in [5.74, 6) is -1.24. The Morgan fingerprint density at radius 1 is 1.21 bits per heavy atom. The van der Waals surface area contributed by atoms with Gasteiger partial charge in [0.15, 0.2) is 0 Å². The van der Waals surface area contributed by atoms with Crippen LogP contribution in [0, 0.1) is 19.8 Å². The lowest BCUT2D eigenvalue weighted by molar-refractivity contribution is -0.123. The molecule has 4 N–H and O–H groups in total. The molecule has 1 fully saturated rings. The minimum atomic E-state index is -0.463. The third kappa shape index (κ3) is 3.90. The van der Waals surface area contributed by atoms with Gasteiger partial charge in [0.05, 0.1) is 11.6 Å². The van der Waals surface area contributed by atoms with Crippen molar-refractivity contribution >= 4 is 17.7 Å². The van der Waals surface area contributed by atoms with Gasteiger partial charge in [-0.15, -0.1) is 0 Å². The van der Waals surface area contributed by atoms with E-state index in [-0.39, 0.29) is 24.3 Å². The summed E-state index contributed by atoms with van der Waals surface area (Å²) in [6.07, 6.45) is 1.48. The maximum absolute atomic E-state index is 13.0. The zero-order chi connectivity index (χ0) is 20.4. The Labute approximate surface area is 163 Å². The number of amides is 3. The molecule has 1 aliphatic rings. The molecule has 2 heterocycles. The molecular weight excluding hydrogens is 358 g/mol. The number of piperidine rings is 1. The van der Waals surface area contributed by atoms with E-state index in [1.165, 1.54) is 0 Å². The van der Waals surface area contributed by atoms with Gasteiger partial charge in [-0.3, -0.25) is 19.1 Å². The largest absolute Gasteiger partial charge is 0.369 e. The summed E-state index contributed by atoms with van der Waals surface area (Å²) in [5.41, 5.74) is 14.6.